The van der Waals surface area contributed by atoms with Gasteiger partial charge in [-0.2, -0.15) is 0 Å². The minimum atomic E-state index is 0.217. The standard InChI is InChI=1S/C22H23Cl2N3O/c1-26-16-8-10-20(26)21(17(12-16)14-7-9-18(23)19(24)11-14)22-25-27(13-28-22)15-5-3-2-4-6-15/h2-7,9,11,16-17,20-21H,8,10,12-13H2,1H3/t16-,17+,20+,21+/m0/s1. The van der Waals surface area contributed by atoms with Gasteiger partial charge in [0.15, 0.2) is 6.73 Å². The molecule has 146 valence electrons. The molecule has 3 aliphatic rings. The average Bonchev–Trinajstić information content (AvgIpc) is 3.28. The Morgan fingerprint density at radius 1 is 1.04 bits per heavy atom. The lowest BCUT2D eigenvalue weighted by Crippen LogP contribution is -2.48. The van der Waals surface area contributed by atoms with Crippen molar-refractivity contribution in [3.05, 3.63) is 64.1 Å². The number of fused-ring (bicyclic) bond motifs is 2. The minimum Gasteiger partial charge on any atom is -0.456 e. The lowest BCUT2D eigenvalue weighted by molar-refractivity contribution is 0.119. The number of para-hydroxylation sites is 1. The molecule has 0 unspecified atom stereocenters. The molecule has 0 radical (unpaired) electrons. The molecule has 2 aromatic carbocycles. The third-order valence-corrected chi connectivity index (χ3v) is 7.27. The predicted molar refractivity (Wildman–Crippen MR) is 114 cm³/mol. The Morgan fingerprint density at radius 3 is 2.64 bits per heavy atom. The lowest BCUT2D eigenvalue weighted by Gasteiger charge is -2.42. The number of hydrazone groups is 1. The molecule has 0 aliphatic carbocycles. The zero-order valence-electron chi connectivity index (χ0n) is 15.8. The van der Waals surface area contributed by atoms with Crippen molar-refractivity contribution < 1.29 is 4.74 Å². The summed E-state index contributed by atoms with van der Waals surface area (Å²) in [5.74, 6) is 1.39. The third-order valence-electron chi connectivity index (χ3n) is 6.53. The Hall–Kier alpha value is -1.75. The van der Waals surface area contributed by atoms with Crippen LogP contribution >= 0.6 is 23.2 Å². The number of ether oxygens (including phenoxy) is 1. The normalized spacial score (nSPS) is 29.7. The van der Waals surface area contributed by atoms with E-state index in [1.54, 1.807) is 0 Å². The van der Waals surface area contributed by atoms with Gasteiger partial charge in [0.1, 0.15) is 0 Å². The van der Waals surface area contributed by atoms with Gasteiger partial charge in [-0.3, -0.25) is 4.90 Å². The third kappa shape index (κ3) is 3.08. The summed E-state index contributed by atoms with van der Waals surface area (Å²) in [5.41, 5.74) is 2.28. The maximum Gasteiger partial charge on any atom is 0.213 e. The first-order valence-electron chi connectivity index (χ1n) is 9.82. The highest BCUT2D eigenvalue weighted by atomic mass is 35.5. The fraction of sp³-hybridized carbons (Fsp3) is 0.409. The molecule has 2 saturated heterocycles. The van der Waals surface area contributed by atoms with Crippen LogP contribution in [0.15, 0.2) is 53.6 Å². The summed E-state index contributed by atoms with van der Waals surface area (Å²) >= 11 is 12.5. The molecule has 0 amide bonds. The van der Waals surface area contributed by atoms with Gasteiger partial charge in [0.25, 0.3) is 0 Å². The Labute approximate surface area is 175 Å². The molecule has 6 heteroatoms. The maximum absolute atomic E-state index is 6.35. The molecule has 28 heavy (non-hydrogen) atoms. The summed E-state index contributed by atoms with van der Waals surface area (Å²) in [6, 6.07) is 17.3. The van der Waals surface area contributed by atoms with Crippen LogP contribution in [0.3, 0.4) is 0 Å². The Balaban J connectivity index is 1.51. The second kappa shape index (κ2) is 7.25. The van der Waals surface area contributed by atoms with E-state index in [0.717, 1.165) is 18.0 Å². The molecule has 4 nitrogen and oxygen atoms in total. The van der Waals surface area contributed by atoms with Crippen molar-refractivity contribution in [3.8, 4) is 0 Å². The molecular formula is C22H23Cl2N3O. The Kier molecular flexibility index (Phi) is 4.74. The van der Waals surface area contributed by atoms with Gasteiger partial charge in [-0.15, -0.1) is 5.10 Å². The zero-order chi connectivity index (χ0) is 19.3. The number of nitrogens with zero attached hydrogens (tertiary/aromatic N) is 3. The molecule has 0 saturated carbocycles. The summed E-state index contributed by atoms with van der Waals surface area (Å²) in [4.78, 5) is 2.52. The molecule has 3 heterocycles. The minimum absolute atomic E-state index is 0.217. The van der Waals surface area contributed by atoms with Crippen molar-refractivity contribution >= 4 is 34.8 Å². The summed E-state index contributed by atoms with van der Waals surface area (Å²) in [5, 5.41) is 8.05. The molecular weight excluding hydrogens is 393 g/mol. The van der Waals surface area contributed by atoms with Crippen molar-refractivity contribution in [3.63, 3.8) is 0 Å². The molecule has 0 aromatic heterocycles. The molecule has 0 spiro atoms. The topological polar surface area (TPSA) is 28.1 Å². The van der Waals surface area contributed by atoms with E-state index in [2.05, 4.69) is 30.1 Å². The van der Waals surface area contributed by atoms with E-state index in [1.807, 2.05) is 35.3 Å². The molecule has 3 aliphatic heterocycles. The van der Waals surface area contributed by atoms with Gasteiger partial charge < -0.3 is 4.74 Å². The van der Waals surface area contributed by atoms with E-state index < -0.39 is 0 Å². The van der Waals surface area contributed by atoms with Crippen LogP contribution < -0.4 is 5.01 Å². The fourth-order valence-corrected chi connectivity index (χ4v) is 5.39. The van der Waals surface area contributed by atoms with E-state index in [1.165, 1.54) is 18.4 Å². The summed E-state index contributed by atoms with van der Waals surface area (Å²) in [6.07, 6.45) is 3.49. The van der Waals surface area contributed by atoms with Gasteiger partial charge in [-0.05, 0) is 62.1 Å². The van der Waals surface area contributed by atoms with Crippen molar-refractivity contribution in [1.82, 2.24) is 4.90 Å². The molecule has 2 fully saturated rings. The second-order valence-electron chi connectivity index (χ2n) is 7.95. The average molecular weight is 416 g/mol. The monoisotopic (exact) mass is 415 g/mol. The van der Waals surface area contributed by atoms with Crippen LogP contribution in [0.2, 0.25) is 10.0 Å². The summed E-state index contributed by atoms with van der Waals surface area (Å²) in [7, 11) is 2.24. The number of hydrogen-bond donors (Lipinski definition) is 0. The first-order chi connectivity index (χ1) is 13.6. The Bertz CT molecular complexity index is 904. The van der Waals surface area contributed by atoms with Crippen LogP contribution in [-0.4, -0.2) is 36.7 Å². The SMILES string of the molecule is CN1[C@H]2CC[C@@H]1[C@H](C1=NN(c3ccccc3)CO1)[C@@H](c1ccc(Cl)c(Cl)c1)C2. The highest BCUT2D eigenvalue weighted by Crippen LogP contribution is 2.48. The van der Waals surface area contributed by atoms with Crippen molar-refractivity contribution in [1.29, 1.82) is 0 Å². The van der Waals surface area contributed by atoms with Crippen LogP contribution in [0.1, 0.15) is 30.7 Å². The second-order valence-corrected chi connectivity index (χ2v) is 8.77. The Morgan fingerprint density at radius 2 is 1.86 bits per heavy atom. The van der Waals surface area contributed by atoms with Crippen molar-refractivity contribution in [2.45, 2.75) is 37.3 Å². The van der Waals surface area contributed by atoms with E-state index in [4.69, 9.17) is 33.0 Å². The van der Waals surface area contributed by atoms with E-state index in [9.17, 15) is 0 Å². The molecule has 2 bridgehead atoms. The van der Waals surface area contributed by atoms with Crippen LogP contribution in [0.5, 0.6) is 0 Å². The summed E-state index contributed by atoms with van der Waals surface area (Å²) < 4.78 is 6.15. The van der Waals surface area contributed by atoms with Crippen LogP contribution in [-0.2, 0) is 4.74 Å². The van der Waals surface area contributed by atoms with Gasteiger partial charge in [0, 0.05) is 12.1 Å². The molecule has 4 atom stereocenters. The van der Waals surface area contributed by atoms with Crippen LogP contribution in [0, 0.1) is 5.92 Å². The maximum atomic E-state index is 6.35. The molecule has 0 N–H and O–H groups in total. The van der Waals surface area contributed by atoms with Gasteiger partial charge in [-0.1, -0.05) is 47.5 Å². The smallest absolute Gasteiger partial charge is 0.213 e. The fourth-order valence-electron chi connectivity index (χ4n) is 5.09. The highest BCUT2D eigenvalue weighted by Gasteiger charge is 2.49. The molecule has 5 rings (SSSR count). The quantitative estimate of drug-likeness (QED) is 0.674. The first-order valence-corrected chi connectivity index (χ1v) is 10.6. The van der Waals surface area contributed by atoms with Gasteiger partial charge >= 0.3 is 0 Å². The number of piperidine rings is 1. The predicted octanol–water partition coefficient (Wildman–Crippen LogP) is 5.37. The van der Waals surface area contributed by atoms with Gasteiger partial charge in [0.05, 0.1) is 21.7 Å². The van der Waals surface area contributed by atoms with Crippen molar-refractivity contribution in [2.24, 2.45) is 11.0 Å². The number of benzene rings is 2. The largest absolute Gasteiger partial charge is 0.456 e. The number of anilines is 1. The molecule has 2 aromatic rings. The number of hydrogen-bond acceptors (Lipinski definition) is 4. The number of rotatable bonds is 3. The summed E-state index contributed by atoms with van der Waals surface area (Å²) in [6.45, 7) is 0.462. The number of halogens is 2. The first kappa shape index (κ1) is 18.3. The van der Waals surface area contributed by atoms with Crippen molar-refractivity contribution in [2.75, 3.05) is 18.8 Å². The van der Waals surface area contributed by atoms with E-state index in [-0.39, 0.29) is 5.92 Å². The zero-order valence-corrected chi connectivity index (χ0v) is 17.3. The highest BCUT2D eigenvalue weighted by molar-refractivity contribution is 6.42. The van der Waals surface area contributed by atoms with Gasteiger partial charge in [0.2, 0.25) is 5.90 Å². The van der Waals surface area contributed by atoms with E-state index in [0.29, 0.717) is 34.8 Å². The van der Waals surface area contributed by atoms with Crippen LogP contribution in [0.25, 0.3) is 0 Å². The van der Waals surface area contributed by atoms with Crippen LogP contribution in [0.4, 0.5) is 5.69 Å². The van der Waals surface area contributed by atoms with Gasteiger partial charge in [-0.25, -0.2) is 5.01 Å². The lowest BCUT2D eigenvalue weighted by atomic mass is 9.76. The van der Waals surface area contributed by atoms with E-state index >= 15 is 0 Å².